The third-order valence-electron chi connectivity index (χ3n) is 8.03. The average molecular weight is 525 g/mol. The lowest BCUT2D eigenvalue weighted by atomic mass is 9.72. The van der Waals surface area contributed by atoms with Crippen molar-refractivity contribution in [1.29, 1.82) is 0 Å². The van der Waals surface area contributed by atoms with Crippen LogP contribution in [0.5, 0.6) is 5.75 Å². The molecule has 2 aromatic heterocycles. The van der Waals surface area contributed by atoms with E-state index in [1.165, 1.54) is 0 Å². The van der Waals surface area contributed by atoms with Crippen LogP contribution < -0.4 is 15.4 Å². The predicted octanol–water partition coefficient (Wildman–Crippen LogP) is 4.00. The number of carbonyl (C=O) groups is 2. The highest BCUT2D eigenvalue weighted by molar-refractivity contribution is 5.89. The van der Waals surface area contributed by atoms with Crippen LogP contribution in [0.15, 0.2) is 36.5 Å². The number of alkyl carbamates (subject to hydrolysis) is 1. The third-order valence-corrected chi connectivity index (χ3v) is 8.03. The molecule has 2 aliphatic rings. The van der Waals surface area contributed by atoms with E-state index in [0.29, 0.717) is 31.2 Å². The summed E-state index contributed by atoms with van der Waals surface area (Å²) in [6, 6.07) is 9.67. The Balaban J connectivity index is 1.42. The van der Waals surface area contributed by atoms with E-state index in [0.717, 1.165) is 61.4 Å². The topological polar surface area (TPSA) is 123 Å². The molecule has 206 valence electrons. The van der Waals surface area contributed by atoms with Gasteiger partial charge in [0.15, 0.2) is 5.60 Å². The molecule has 2 saturated carbocycles. The molecule has 2 unspecified atom stereocenters. The molecule has 0 aromatic carbocycles. The van der Waals surface area contributed by atoms with Gasteiger partial charge in [-0.25, -0.2) is 4.79 Å². The lowest BCUT2D eigenvalue weighted by Crippen LogP contribution is -2.57. The summed E-state index contributed by atoms with van der Waals surface area (Å²) < 4.78 is 11.3. The Morgan fingerprint density at radius 3 is 2.55 bits per heavy atom. The Morgan fingerprint density at radius 1 is 1.05 bits per heavy atom. The molecule has 9 nitrogen and oxygen atoms in total. The zero-order valence-corrected chi connectivity index (χ0v) is 22.4. The second-order valence-corrected chi connectivity index (χ2v) is 10.4. The number of rotatable bonds is 9. The van der Waals surface area contributed by atoms with Crippen molar-refractivity contribution in [3.05, 3.63) is 53.6 Å². The Bertz CT molecular complexity index is 1070. The summed E-state index contributed by atoms with van der Waals surface area (Å²) in [7, 11) is 1.66. The van der Waals surface area contributed by atoms with Gasteiger partial charge in [-0.2, -0.15) is 0 Å². The van der Waals surface area contributed by atoms with Crippen molar-refractivity contribution in [2.75, 3.05) is 26.8 Å². The maximum absolute atomic E-state index is 13.8. The first-order chi connectivity index (χ1) is 18.5. The number of aliphatic hydroxyl groups excluding tert-OH is 1. The van der Waals surface area contributed by atoms with Crippen molar-refractivity contribution in [3.63, 3.8) is 0 Å². The number of amides is 2. The Hall–Kier alpha value is -3.20. The average Bonchev–Trinajstić information content (AvgIpc) is 2.95. The molecule has 2 amide bonds. The summed E-state index contributed by atoms with van der Waals surface area (Å²) >= 11 is 0. The molecule has 2 aromatic rings. The van der Waals surface area contributed by atoms with E-state index in [2.05, 4.69) is 21.7 Å². The van der Waals surface area contributed by atoms with E-state index in [4.69, 9.17) is 19.6 Å². The van der Waals surface area contributed by atoms with Gasteiger partial charge in [-0.05, 0) is 82.1 Å². The maximum atomic E-state index is 13.8. The fraction of sp³-hybridized carbons (Fsp3) is 0.586. The van der Waals surface area contributed by atoms with Crippen molar-refractivity contribution in [2.45, 2.75) is 75.7 Å². The van der Waals surface area contributed by atoms with Gasteiger partial charge >= 0.3 is 6.09 Å². The van der Waals surface area contributed by atoms with Crippen LogP contribution in [0, 0.1) is 12.8 Å². The standard InChI is InChI=1S/C29H40N4O5/c1-20-26(37-2)14-13-24(33-20)22-11-9-21(10-12-22)19-32-27(35)29(38-28(36)31-17-18-34)15-5-3-7-23(29)25-8-4-6-16-30-25/h4,6,8,13-14,16,21-23,34H,3,5,7,9-12,15,17-19H2,1-2H3,(H,31,36)(H,32,35). The van der Waals surface area contributed by atoms with E-state index in [1.54, 1.807) is 13.3 Å². The first kappa shape index (κ1) is 27.8. The van der Waals surface area contributed by atoms with Crippen LogP contribution in [0.25, 0.3) is 0 Å². The first-order valence-corrected chi connectivity index (χ1v) is 13.7. The highest BCUT2D eigenvalue weighted by Gasteiger charge is 2.52. The largest absolute Gasteiger partial charge is 0.495 e. The molecule has 0 spiro atoms. The molecule has 38 heavy (non-hydrogen) atoms. The molecule has 2 fully saturated rings. The van der Waals surface area contributed by atoms with E-state index in [9.17, 15) is 9.59 Å². The lowest BCUT2D eigenvalue weighted by molar-refractivity contribution is -0.146. The van der Waals surface area contributed by atoms with Crippen LogP contribution in [0.4, 0.5) is 4.79 Å². The number of hydrogen-bond donors (Lipinski definition) is 3. The number of carbonyl (C=O) groups excluding carboxylic acids is 2. The van der Waals surface area contributed by atoms with Gasteiger partial charge < -0.3 is 25.2 Å². The molecular formula is C29H40N4O5. The Labute approximate surface area is 224 Å². The van der Waals surface area contributed by atoms with Gasteiger partial charge in [-0.1, -0.05) is 12.5 Å². The van der Waals surface area contributed by atoms with Crippen LogP contribution >= 0.6 is 0 Å². The lowest BCUT2D eigenvalue weighted by Gasteiger charge is -2.42. The minimum atomic E-state index is -1.34. The molecule has 0 bridgehead atoms. The number of aromatic nitrogens is 2. The van der Waals surface area contributed by atoms with Gasteiger partial charge in [0.1, 0.15) is 5.75 Å². The number of aliphatic hydroxyl groups is 1. The molecule has 4 rings (SSSR count). The second kappa shape index (κ2) is 13.0. The predicted molar refractivity (Wildman–Crippen MR) is 143 cm³/mol. The maximum Gasteiger partial charge on any atom is 0.408 e. The summed E-state index contributed by atoms with van der Waals surface area (Å²) in [5.41, 5.74) is 1.42. The molecule has 0 radical (unpaired) electrons. The Kier molecular flexibility index (Phi) is 9.55. The monoisotopic (exact) mass is 524 g/mol. The van der Waals surface area contributed by atoms with E-state index in [1.807, 2.05) is 31.2 Å². The van der Waals surface area contributed by atoms with Crippen molar-refractivity contribution < 1.29 is 24.2 Å². The van der Waals surface area contributed by atoms with E-state index < -0.39 is 11.7 Å². The molecule has 9 heteroatoms. The molecule has 2 heterocycles. The molecule has 3 N–H and O–H groups in total. The summed E-state index contributed by atoms with van der Waals surface area (Å²) in [5, 5.41) is 14.8. The highest BCUT2D eigenvalue weighted by atomic mass is 16.6. The molecule has 2 atom stereocenters. The van der Waals surface area contributed by atoms with Crippen molar-refractivity contribution >= 4 is 12.0 Å². The minimum Gasteiger partial charge on any atom is -0.495 e. The van der Waals surface area contributed by atoms with Gasteiger partial charge in [0, 0.05) is 36.6 Å². The quantitative estimate of drug-likeness (QED) is 0.453. The minimum absolute atomic E-state index is 0.0661. The molecule has 0 saturated heterocycles. The van der Waals surface area contributed by atoms with Crippen molar-refractivity contribution in [3.8, 4) is 5.75 Å². The number of pyridine rings is 2. The molecule has 0 aliphatic heterocycles. The van der Waals surface area contributed by atoms with E-state index >= 15 is 0 Å². The third kappa shape index (κ3) is 6.43. The van der Waals surface area contributed by atoms with Crippen LogP contribution in [-0.4, -0.2) is 59.5 Å². The smallest absolute Gasteiger partial charge is 0.408 e. The number of methoxy groups -OCH3 is 1. The summed E-state index contributed by atoms with van der Waals surface area (Å²) in [6.07, 6.45) is 7.87. The van der Waals surface area contributed by atoms with Crippen LogP contribution in [0.3, 0.4) is 0 Å². The number of nitrogens with one attached hydrogen (secondary N) is 2. The van der Waals surface area contributed by atoms with Crippen LogP contribution in [0.2, 0.25) is 0 Å². The Morgan fingerprint density at radius 2 is 1.87 bits per heavy atom. The van der Waals surface area contributed by atoms with Crippen LogP contribution in [0.1, 0.15) is 80.3 Å². The van der Waals surface area contributed by atoms with Gasteiger partial charge in [0.2, 0.25) is 0 Å². The zero-order valence-electron chi connectivity index (χ0n) is 22.4. The van der Waals surface area contributed by atoms with E-state index in [-0.39, 0.29) is 25.0 Å². The van der Waals surface area contributed by atoms with Crippen LogP contribution in [-0.2, 0) is 9.53 Å². The summed E-state index contributed by atoms with van der Waals surface area (Å²) in [6.45, 7) is 2.37. The van der Waals surface area contributed by atoms with Gasteiger partial charge in [-0.3, -0.25) is 14.8 Å². The van der Waals surface area contributed by atoms with Gasteiger partial charge in [0.25, 0.3) is 5.91 Å². The number of hydrogen-bond acceptors (Lipinski definition) is 7. The highest BCUT2D eigenvalue weighted by Crippen LogP contribution is 2.43. The fourth-order valence-electron chi connectivity index (χ4n) is 5.97. The summed E-state index contributed by atoms with van der Waals surface area (Å²) in [4.78, 5) is 35.7. The fourth-order valence-corrected chi connectivity index (χ4v) is 5.97. The SMILES string of the molecule is COc1ccc(C2CCC(CNC(=O)C3(OC(=O)NCCO)CCCCC3c3ccccn3)CC2)nc1C. The normalized spacial score (nSPS) is 25.3. The van der Waals surface area contributed by atoms with Gasteiger partial charge in [0.05, 0.1) is 25.3 Å². The van der Waals surface area contributed by atoms with Crippen molar-refractivity contribution in [1.82, 2.24) is 20.6 Å². The number of nitrogens with zero attached hydrogens (tertiary/aromatic N) is 2. The first-order valence-electron chi connectivity index (χ1n) is 13.7. The molecular weight excluding hydrogens is 484 g/mol. The summed E-state index contributed by atoms with van der Waals surface area (Å²) in [5.74, 6) is 0.965. The molecule has 2 aliphatic carbocycles. The second-order valence-electron chi connectivity index (χ2n) is 10.4. The van der Waals surface area contributed by atoms with Crippen molar-refractivity contribution in [2.24, 2.45) is 5.92 Å². The number of aryl methyl sites for hydroxylation is 1. The zero-order chi connectivity index (χ0) is 27.0. The number of ether oxygens (including phenoxy) is 2. The van der Waals surface area contributed by atoms with Gasteiger partial charge in [-0.15, -0.1) is 0 Å².